The molecule has 0 bridgehead atoms. The summed E-state index contributed by atoms with van der Waals surface area (Å²) in [6.07, 6.45) is 1.59. The van der Waals surface area contributed by atoms with Gasteiger partial charge in [0.1, 0.15) is 5.82 Å². The lowest BCUT2D eigenvalue weighted by Crippen LogP contribution is -2.40. The van der Waals surface area contributed by atoms with Gasteiger partial charge in [0.05, 0.1) is 30.7 Å². The zero-order valence-electron chi connectivity index (χ0n) is 15.3. The first-order valence-corrected chi connectivity index (χ1v) is 9.65. The van der Waals surface area contributed by atoms with Crippen LogP contribution in [-0.2, 0) is 16.0 Å². The van der Waals surface area contributed by atoms with E-state index in [1.807, 2.05) is 0 Å². The SMILES string of the molecule is COC(=O)c1cc(OCC2CCN(C(=O)Cc3cccc(Br)c3F)CC2)no1. The number of halogens is 2. The Morgan fingerprint density at radius 1 is 1.36 bits per heavy atom. The van der Waals surface area contributed by atoms with Crippen molar-refractivity contribution in [1.29, 1.82) is 0 Å². The first-order valence-electron chi connectivity index (χ1n) is 8.86. The molecule has 1 aliphatic heterocycles. The standard InChI is InChI=1S/C19H20BrFN2O5/c1-26-19(25)15-10-16(22-28-15)27-11-12-5-7-23(8-6-12)17(24)9-13-3-2-4-14(20)18(13)21/h2-4,10,12H,5-9,11H2,1H3. The van der Waals surface area contributed by atoms with E-state index in [4.69, 9.17) is 9.26 Å². The maximum absolute atomic E-state index is 14.1. The Hall–Kier alpha value is -2.42. The third kappa shape index (κ3) is 4.89. The molecule has 1 fully saturated rings. The van der Waals surface area contributed by atoms with Crippen LogP contribution in [0, 0.1) is 11.7 Å². The molecule has 0 spiro atoms. The number of benzene rings is 1. The zero-order chi connectivity index (χ0) is 20.1. The summed E-state index contributed by atoms with van der Waals surface area (Å²) in [6, 6.07) is 6.34. The summed E-state index contributed by atoms with van der Waals surface area (Å²) in [7, 11) is 1.26. The van der Waals surface area contributed by atoms with Gasteiger partial charge in [0.2, 0.25) is 11.7 Å². The van der Waals surface area contributed by atoms with Gasteiger partial charge in [0.25, 0.3) is 5.88 Å². The van der Waals surface area contributed by atoms with Crippen LogP contribution >= 0.6 is 15.9 Å². The third-order valence-corrected chi connectivity index (χ3v) is 5.29. The van der Waals surface area contributed by atoms with Crippen LogP contribution in [-0.4, -0.2) is 48.7 Å². The minimum absolute atomic E-state index is 0.0160. The molecular weight excluding hydrogens is 435 g/mol. The average molecular weight is 455 g/mol. The number of hydrogen-bond acceptors (Lipinski definition) is 6. The molecular formula is C19H20BrFN2O5. The number of likely N-dealkylation sites (tertiary alicyclic amines) is 1. The molecule has 1 amide bonds. The number of hydrogen-bond donors (Lipinski definition) is 0. The Balaban J connectivity index is 1.45. The van der Waals surface area contributed by atoms with Crippen molar-refractivity contribution in [2.24, 2.45) is 5.92 Å². The second-order valence-electron chi connectivity index (χ2n) is 6.55. The van der Waals surface area contributed by atoms with Crippen molar-refractivity contribution in [2.45, 2.75) is 19.3 Å². The van der Waals surface area contributed by atoms with Gasteiger partial charge in [0, 0.05) is 13.1 Å². The van der Waals surface area contributed by atoms with E-state index in [2.05, 4.69) is 25.8 Å². The summed E-state index contributed by atoms with van der Waals surface area (Å²) in [5.41, 5.74) is 0.386. The maximum atomic E-state index is 14.1. The Labute approximate surface area is 169 Å². The monoisotopic (exact) mass is 454 g/mol. The van der Waals surface area contributed by atoms with Crippen molar-refractivity contribution in [2.75, 3.05) is 26.8 Å². The fraction of sp³-hybridized carbons (Fsp3) is 0.421. The molecule has 1 aliphatic rings. The Morgan fingerprint density at radius 3 is 2.82 bits per heavy atom. The van der Waals surface area contributed by atoms with Crippen LogP contribution in [0.5, 0.6) is 5.88 Å². The van der Waals surface area contributed by atoms with Crippen molar-refractivity contribution >= 4 is 27.8 Å². The van der Waals surface area contributed by atoms with E-state index < -0.39 is 11.8 Å². The third-order valence-electron chi connectivity index (χ3n) is 4.68. The van der Waals surface area contributed by atoms with Gasteiger partial charge in [-0.3, -0.25) is 4.79 Å². The van der Waals surface area contributed by atoms with E-state index in [9.17, 15) is 14.0 Å². The van der Waals surface area contributed by atoms with Crippen molar-refractivity contribution < 1.29 is 28.0 Å². The number of aromatic nitrogens is 1. The van der Waals surface area contributed by atoms with Gasteiger partial charge in [-0.15, -0.1) is 0 Å². The summed E-state index contributed by atoms with van der Waals surface area (Å²) < 4.78 is 29.4. The molecule has 2 heterocycles. The van der Waals surface area contributed by atoms with E-state index in [-0.39, 0.29) is 29.9 Å². The largest absolute Gasteiger partial charge is 0.475 e. The molecule has 150 valence electrons. The number of amides is 1. The maximum Gasteiger partial charge on any atom is 0.377 e. The van der Waals surface area contributed by atoms with E-state index in [0.29, 0.717) is 29.7 Å². The van der Waals surface area contributed by atoms with Crippen LogP contribution in [0.25, 0.3) is 0 Å². The highest BCUT2D eigenvalue weighted by Crippen LogP contribution is 2.22. The number of carbonyl (C=O) groups is 2. The van der Waals surface area contributed by atoms with Gasteiger partial charge < -0.3 is 18.9 Å². The van der Waals surface area contributed by atoms with Crippen LogP contribution in [0.4, 0.5) is 4.39 Å². The highest BCUT2D eigenvalue weighted by atomic mass is 79.9. The number of methoxy groups -OCH3 is 1. The minimum atomic E-state index is -0.615. The summed E-state index contributed by atoms with van der Waals surface area (Å²) >= 11 is 3.14. The Morgan fingerprint density at radius 2 is 2.11 bits per heavy atom. The molecule has 1 saturated heterocycles. The molecule has 9 heteroatoms. The number of nitrogens with zero attached hydrogens (tertiary/aromatic N) is 2. The van der Waals surface area contributed by atoms with Crippen LogP contribution in [0.15, 0.2) is 33.3 Å². The molecule has 0 radical (unpaired) electrons. The number of esters is 1. The molecule has 0 aliphatic carbocycles. The van der Waals surface area contributed by atoms with Gasteiger partial charge in [-0.25, -0.2) is 9.18 Å². The normalized spacial score (nSPS) is 14.8. The number of piperidine rings is 1. The topological polar surface area (TPSA) is 81.9 Å². The number of rotatable bonds is 6. The van der Waals surface area contributed by atoms with Crippen molar-refractivity contribution in [3.63, 3.8) is 0 Å². The van der Waals surface area contributed by atoms with Crippen molar-refractivity contribution in [3.8, 4) is 5.88 Å². The van der Waals surface area contributed by atoms with E-state index >= 15 is 0 Å². The van der Waals surface area contributed by atoms with Crippen LogP contribution < -0.4 is 4.74 Å². The molecule has 1 aromatic heterocycles. The molecule has 3 rings (SSSR count). The molecule has 0 atom stereocenters. The van der Waals surface area contributed by atoms with E-state index in [1.54, 1.807) is 23.1 Å². The fourth-order valence-corrected chi connectivity index (χ4v) is 3.44. The van der Waals surface area contributed by atoms with Crippen LogP contribution in [0.1, 0.15) is 29.0 Å². The highest BCUT2D eigenvalue weighted by molar-refractivity contribution is 9.10. The van der Waals surface area contributed by atoms with Crippen molar-refractivity contribution in [3.05, 3.63) is 45.9 Å². The molecule has 28 heavy (non-hydrogen) atoms. The second-order valence-corrected chi connectivity index (χ2v) is 7.40. The van der Waals surface area contributed by atoms with Gasteiger partial charge >= 0.3 is 5.97 Å². The smallest absolute Gasteiger partial charge is 0.377 e. The molecule has 0 saturated carbocycles. The Bertz CT molecular complexity index is 849. The lowest BCUT2D eigenvalue weighted by molar-refractivity contribution is -0.132. The van der Waals surface area contributed by atoms with Crippen LogP contribution in [0.2, 0.25) is 0 Å². The molecule has 0 N–H and O–H groups in total. The highest BCUT2D eigenvalue weighted by Gasteiger charge is 2.24. The van der Waals surface area contributed by atoms with Crippen molar-refractivity contribution in [1.82, 2.24) is 10.1 Å². The molecule has 0 unspecified atom stereocenters. The fourth-order valence-electron chi connectivity index (χ4n) is 3.04. The minimum Gasteiger partial charge on any atom is -0.475 e. The first kappa shape index (κ1) is 20.3. The van der Waals surface area contributed by atoms with E-state index in [0.717, 1.165) is 12.8 Å². The quantitative estimate of drug-likeness (QED) is 0.623. The van der Waals surface area contributed by atoms with Gasteiger partial charge in [-0.2, -0.15) is 0 Å². The zero-order valence-corrected chi connectivity index (χ0v) is 16.9. The predicted molar refractivity (Wildman–Crippen MR) is 100 cm³/mol. The summed E-state index contributed by atoms with van der Waals surface area (Å²) in [4.78, 5) is 25.5. The van der Waals surface area contributed by atoms with E-state index in [1.165, 1.54) is 13.2 Å². The Kier molecular flexibility index (Phi) is 6.66. The van der Waals surface area contributed by atoms with Crippen LogP contribution in [0.3, 0.4) is 0 Å². The number of carbonyl (C=O) groups excluding carboxylic acids is 2. The summed E-state index contributed by atoms with van der Waals surface area (Å²) in [6.45, 7) is 1.60. The number of ether oxygens (including phenoxy) is 2. The second kappa shape index (κ2) is 9.18. The first-order chi connectivity index (χ1) is 13.5. The van der Waals surface area contributed by atoms with Gasteiger partial charge in [0.15, 0.2) is 0 Å². The average Bonchev–Trinajstić information content (AvgIpc) is 3.18. The van der Waals surface area contributed by atoms with Gasteiger partial charge in [-0.05, 0) is 51.5 Å². The molecule has 2 aromatic rings. The summed E-state index contributed by atoms with van der Waals surface area (Å²) in [5.74, 6) is -0.628. The van der Waals surface area contributed by atoms with Gasteiger partial charge in [-0.1, -0.05) is 12.1 Å². The lowest BCUT2D eigenvalue weighted by Gasteiger charge is -2.31. The molecule has 1 aromatic carbocycles. The summed E-state index contributed by atoms with van der Waals surface area (Å²) in [5, 5.41) is 3.67. The predicted octanol–water partition coefficient (Wildman–Crippen LogP) is 3.22. The molecule has 7 nitrogen and oxygen atoms in total. The lowest BCUT2D eigenvalue weighted by atomic mass is 9.97.